The summed E-state index contributed by atoms with van der Waals surface area (Å²) in [5, 5.41) is 0. The van der Waals surface area contributed by atoms with Crippen molar-refractivity contribution >= 4 is 6.21 Å². The maximum Gasteiger partial charge on any atom is 0.169 e. The minimum atomic E-state index is 0. The molecule has 1 aromatic rings. The summed E-state index contributed by atoms with van der Waals surface area (Å²) >= 11 is 0. The third kappa shape index (κ3) is 4.98. The third-order valence-electron chi connectivity index (χ3n) is 1.53. The summed E-state index contributed by atoms with van der Waals surface area (Å²) in [4.78, 5) is 4.29. The highest BCUT2D eigenvalue weighted by atomic mass is 127. The van der Waals surface area contributed by atoms with Crippen LogP contribution < -0.4 is 28.5 Å². The minimum Gasteiger partial charge on any atom is -1.00 e. The lowest BCUT2D eigenvalue weighted by Crippen LogP contribution is -3.00. The van der Waals surface area contributed by atoms with Crippen LogP contribution in [0, 0.1) is 0 Å². The van der Waals surface area contributed by atoms with Crippen LogP contribution >= 0.6 is 0 Å². The smallest absolute Gasteiger partial charge is 0.169 e. The van der Waals surface area contributed by atoms with Gasteiger partial charge in [-0.2, -0.15) is 0 Å². The normalized spacial score (nSPS) is 10.5. The molecule has 0 aliphatic heterocycles. The molecule has 0 spiro atoms. The Morgan fingerprint density at radius 3 is 2.31 bits per heavy atom. The highest BCUT2D eigenvalue weighted by Crippen LogP contribution is 1.92. The number of halogens is 1. The van der Waals surface area contributed by atoms with Gasteiger partial charge < -0.3 is 24.0 Å². The van der Waals surface area contributed by atoms with Gasteiger partial charge in [0, 0.05) is 30.0 Å². The third-order valence-corrected chi connectivity index (χ3v) is 1.53. The van der Waals surface area contributed by atoms with Crippen molar-refractivity contribution in [3.8, 4) is 0 Å². The molecule has 1 heterocycles. The molecule has 1 aromatic heterocycles. The molecular weight excluding hydrogens is 275 g/mol. The summed E-state index contributed by atoms with van der Waals surface area (Å²) in [5.74, 6) is 0. The number of aliphatic imine (C=N–C) groups is 1. The van der Waals surface area contributed by atoms with Crippen LogP contribution in [0.3, 0.4) is 0 Å². The van der Waals surface area contributed by atoms with Gasteiger partial charge in [0.15, 0.2) is 12.4 Å². The number of hydrogen-bond acceptors (Lipinski definition) is 1. The number of hydrogen-bond donors (Lipinski definition) is 0. The van der Waals surface area contributed by atoms with E-state index >= 15 is 0 Å². The van der Waals surface area contributed by atoms with Gasteiger partial charge in [-0.15, -0.1) is 0 Å². The summed E-state index contributed by atoms with van der Waals surface area (Å²) in [5.41, 5.74) is 1.15. The van der Waals surface area contributed by atoms with Crippen LogP contribution in [0.5, 0.6) is 0 Å². The van der Waals surface area contributed by atoms with Gasteiger partial charge in [0.2, 0.25) is 0 Å². The molecule has 0 saturated heterocycles. The zero-order chi connectivity index (χ0) is 8.97. The number of aryl methyl sites for hydroxylation is 1. The average Bonchev–Trinajstić information content (AvgIpc) is 2.03. The average molecular weight is 290 g/mol. The molecule has 0 aromatic carbocycles. The number of aromatic nitrogens is 1. The largest absolute Gasteiger partial charge is 1.00 e. The molecule has 2 nitrogen and oxygen atoms in total. The van der Waals surface area contributed by atoms with E-state index in [-0.39, 0.29) is 24.0 Å². The Balaban J connectivity index is 0.00000144. The van der Waals surface area contributed by atoms with Gasteiger partial charge in [0.25, 0.3) is 0 Å². The van der Waals surface area contributed by atoms with Crippen LogP contribution in [0.4, 0.5) is 0 Å². The van der Waals surface area contributed by atoms with Gasteiger partial charge >= 0.3 is 0 Å². The summed E-state index contributed by atoms with van der Waals surface area (Å²) < 4.78 is 2.01. The second-order valence-corrected chi connectivity index (χ2v) is 3.17. The van der Waals surface area contributed by atoms with Crippen LogP contribution in [-0.2, 0) is 7.05 Å². The van der Waals surface area contributed by atoms with E-state index in [2.05, 4.69) is 18.8 Å². The molecule has 1 rings (SSSR count). The quantitative estimate of drug-likeness (QED) is 0.352. The van der Waals surface area contributed by atoms with Crippen LogP contribution in [0.25, 0.3) is 0 Å². The van der Waals surface area contributed by atoms with Gasteiger partial charge in [-0.25, -0.2) is 4.57 Å². The zero-order valence-corrected chi connectivity index (χ0v) is 10.4. The van der Waals surface area contributed by atoms with Gasteiger partial charge in [0.05, 0.1) is 0 Å². The zero-order valence-electron chi connectivity index (χ0n) is 8.24. The molecule has 0 unspecified atom stereocenters. The summed E-state index contributed by atoms with van der Waals surface area (Å²) in [6.07, 6.45) is 5.94. The molecule has 0 amide bonds. The number of pyridine rings is 1. The van der Waals surface area contributed by atoms with Crippen LogP contribution in [0.1, 0.15) is 19.4 Å². The van der Waals surface area contributed by atoms with Crippen molar-refractivity contribution in [2.75, 3.05) is 0 Å². The van der Waals surface area contributed by atoms with Gasteiger partial charge in [-0.1, -0.05) is 0 Å². The van der Waals surface area contributed by atoms with Gasteiger partial charge in [0.1, 0.15) is 7.05 Å². The van der Waals surface area contributed by atoms with E-state index in [0.717, 1.165) is 5.56 Å². The van der Waals surface area contributed by atoms with Gasteiger partial charge in [-0.3, -0.25) is 4.99 Å². The Bertz CT molecular complexity index is 265. The maximum atomic E-state index is 4.29. The van der Waals surface area contributed by atoms with Crippen molar-refractivity contribution < 1.29 is 28.5 Å². The van der Waals surface area contributed by atoms with E-state index in [1.165, 1.54) is 0 Å². The molecule has 13 heavy (non-hydrogen) atoms. The predicted octanol–water partition coefficient (Wildman–Crippen LogP) is -1.66. The molecule has 0 aliphatic carbocycles. The van der Waals surface area contributed by atoms with Crippen molar-refractivity contribution in [1.29, 1.82) is 0 Å². The van der Waals surface area contributed by atoms with Crippen molar-refractivity contribution in [2.24, 2.45) is 12.0 Å². The van der Waals surface area contributed by atoms with E-state index < -0.39 is 0 Å². The lowest BCUT2D eigenvalue weighted by atomic mass is 10.3. The van der Waals surface area contributed by atoms with Crippen LogP contribution in [0.2, 0.25) is 0 Å². The van der Waals surface area contributed by atoms with Crippen molar-refractivity contribution in [3.63, 3.8) is 0 Å². The van der Waals surface area contributed by atoms with E-state index in [9.17, 15) is 0 Å². The molecule has 0 radical (unpaired) electrons. The topological polar surface area (TPSA) is 16.2 Å². The molecule has 0 aliphatic rings. The SMILES string of the molecule is CC(C)N=Cc1cc[n+](C)cc1.[I-]. The lowest BCUT2D eigenvalue weighted by Gasteiger charge is -1.94. The van der Waals surface area contributed by atoms with Crippen molar-refractivity contribution in [3.05, 3.63) is 30.1 Å². The highest BCUT2D eigenvalue weighted by molar-refractivity contribution is 5.79. The summed E-state index contributed by atoms with van der Waals surface area (Å²) in [7, 11) is 2.00. The first-order valence-electron chi connectivity index (χ1n) is 4.17. The van der Waals surface area contributed by atoms with Crippen LogP contribution in [0.15, 0.2) is 29.5 Å². The Morgan fingerprint density at radius 2 is 1.85 bits per heavy atom. The van der Waals surface area contributed by atoms with Crippen LogP contribution in [-0.4, -0.2) is 12.3 Å². The van der Waals surface area contributed by atoms with E-state index in [1.54, 1.807) is 0 Å². The fourth-order valence-corrected chi connectivity index (χ4v) is 0.834. The molecule has 3 heteroatoms. The first kappa shape index (κ1) is 12.6. The summed E-state index contributed by atoms with van der Waals surface area (Å²) in [6, 6.07) is 4.47. The first-order valence-corrected chi connectivity index (χ1v) is 4.17. The Morgan fingerprint density at radius 1 is 1.31 bits per heavy atom. The van der Waals surface area contributed by atoms with Gasteiger partial charge in [-0.05, 0) is 13.8 Å². The van der Waals surface area contributed by atoms with E-state index in [1.807, 2.05) is 42.4 Å². The molecule has 0 bridgehead atoms. The van der Waals surface area contributed by atoms with E-state index in [0.29, 0.717) is 6.04 Å². The maximum absolute atomic E-state index is 4.29. The molecule has 0 atom stereocenters. The minimum absolute atomic E-state index is 0. The molecule has 0 fully saturated rings. The molecule has 72 valence electrons. The predicted molar refractivity (Wildman–Crippen MR) is 50.3 cm³/mol. The Hall–Kier alpha value is -0.450. The lowest BCUT2D eigenvalue weighted by molar-refractivity contribution is -0.671. The number of nitrogens with zero attached hydrogens (tertiary/aromatic N) is 2. The fourth-order valence-electron chi connectivity index (χ4n) is 0.834. The monoisotopic (exact) mass is 290 g/mol. The molecule has 0 saturated carbocycles. The summed E-state index contributed by atoms with van der Waals surface area (Å²) in [6.45, 7) is 4.14. The first-order chi connectivity index (χ1) is 5.68. The van der Waals surface area contributed by atoms with Crippen molar-refractivity contribution in [2.45, 2.75) is 19.9 Å². The standard InChI is InChI=1S/C10H15N2.HI/c1-9(2)11-8-10-4-6-12(3)7-5-10;/h4-9H,1-3H3;1H/q+1;/p-1. The fraction of sp³-hybridized carbons (Fsp3) is 0.400. The molecular formula is C10H15IN2. The Labute approximate surface area is 96.7 Å². The van der Waals surface area contributed by atoms with E-state index in [4.69, 9.17) is 0 Å². The molecule has 0 N–H and O–H groups in total. The second kappa shape index (κ2) is 6.07. The number of rotatable bonds is 2. The second-order valence-electron chi connectivity index (χ2n) is 3.17. The van der Waals surface area contributed by atoms with Crippen molar-refractivity contribution in [1.82, 2.24) is 0 Å². The highest BCUT2D eigenvalue weighted by Gasteiger charge is 1.91. The Kier molecular flexibility index (Phi) is 5.86.